The van der Waals surface area contributed by atoms with E-state index in [1.807, 2.05) is 50.2 Å². The van der Waals surface area contributed by atoms with E-state index in [0.717, 1.165) is 22.5 Å². The Labute approximate surface area is 196 Å². The largest absolute Gasteiger partial charge is 0.484 e. The summed E-state index contributed by atoms with van der Waals surface area (Å²) < 4.78 is 5.50. The number of ether oxygens (including phenoxy) is 1. The molecule has 33 heavy (non-hydrogen) atoms. The lowest BCUT2D eigenvalue weighted by Gasteiger charge is -2.08. The van der Waals surface area contributed by atoms with E-state index < -0.39 is 0 Å². The highest BCUT2D eigenvalue weighted by Gasteiger charge is 2.06. The molecule has 0 radical (unpaired) electrons. The summed E-state index contributed by atoms with van der Waals surface area (Å²) in [4.78, 5) is 32.5. The van der Waals surface area contributed by atoms with Crippen LogP contribution in [0, 0.1) is 13.8 Å². The van der Waals surface area contributed by atoms with Gasteiger partial charge >= 0.3 is 0 Å². The summed E-state index contributed by atoms with van der Waals surface area (Å²) in [6, 6.07) is 18.6. The lowest BCUT2D eigenvalue weighted by atomic mass is 10.2. The highest BCUT2D eigenvalue weighted by Crippen LogP contribution is 2.14. The van der Waals surface area contributed by atoms with E-state index in [1.54, 1.807) is 24.3 Å². The number of nitrogens with zero attached hydrogens (tertiary/aromatic N) is 3. The minimum Gasteiger partial charge on any atom is -0.484 e. The molecule has 0 atom stereocenters. The van der Waals surface area contributed by atoms with Crippen LogP contribution in [0.1, 0.15) is 22.5 Å². The van der Waals surface area contributed by atoms with Crippen molar-refractivity contribution in [1.82, 2.24) is 20.7 Å². The third-order valence-electron chi connectivity index (χ3n) is 4.28. The standard InChI is InChI=1S/C24H25N5O3S/c1-17-12-18(2)28-24(27-17)33-16-23(31)29-26-14-20-8-10-21(11-9-20)32-15-22(30)25-13-19-6-4-3-5-7-19/h3-12,14H,13,15-16H2,1-2H3,(H,25,30)(H,29,31)/b26-14-. The molecule has 0 fully saturated rings. The number of nitrogens with one attached hydrogen (secondary N) is 2. The predicted molar refractivity (Wildman–Crippen MR) is 128 cm³/mol. The molecule has 9 heteroatoms. The van der Waals surface area contributed by atoms with Crippen LogP contribution in [0.2, 0.25) is 0 Å². The molecule has 170 valence electrons. The number of hydrazone groups is 1. The molecule has 2 amide bonds. The van der Waals surface area contributed by atoms with Gasteiger partial charge in [0.1, 0.15) is 5.75 Å². The van der Waals surface area contributed by atoms with E-state index in [-0.39, 0.29) is 24.2 Å². The fourth-order valence-corrected chi connectivity index (χ4v) is 3.49. The first-order valence-corrected chi connectivity index (χ1v) is 11.3. The quantitative estimate of drug-likeness (QED) is 0.207. The molecule has 3 aromatic rings. The van der Waals surface area contributed by atoms with Crippen molar-refractivity contribution < 1.29 is 14.3 Å². The summed E-state index contributed by atoms with van der Waals surface area (Å²) in [7, 11) is 0. The second-order valence-corrected chi connectivity index (χ2v) is 8.08. The summed E-state index contributed by atoms with van der Waals surface area (Å²) in [6.45, 7) is 4.17. The van der Waals surface area contributed by atoms with Gasteiger partial charge in [0, 0.05) is 17.9 Å². The predicted octanol–water partition coefficient (Wildman–Crippen LogP) is 3.03. The Morgan fingerprint density at radius 1 is 1.00 bits per heavy atom. The molecule has 2 N–H and O–H groups in total. The number of carbonyl (C=O) groups is 2. The van der Waals surface area contributed by atoms with Crippen molar-refractivity contribution in [2.45, 2.75) is 25.5 Å². The van der Waals surface area contributed by atoms with Crippen LogP contribution in [0.4, 0.5) is 0 Å². The second-order valence-electron chi connectivity index (χ2n) is 7.14. The zero-order chi connectivity index (χ0) is 23.5. The van der Waals surface area contributed by atoms with Gasteiger partial charge < -0.3 is 10.1 Å². The molecule has 1 heterocycles. The molecule has 0 saturated heterocycles. The van der Waals surface area contributed by atoms with Crippen molar-refractivity contribution >= 4 is 29.8 Å². The molecule has 3 rings (SSSR count). The average Bonchev–Trinajstić information content (AvgIpc) is 2.81. The number of thioether (sulfide) groups is 1. The van der Waals surface area contributed by atoms with Gasteiger partial charge in [-0.15, -0.1) is 0 Å². The first-order chi connectivity index (χ1) is 16.0. The molecule has 0 bridgehead atoms. The van der Waals surface area contributed by atoms with E-state index in [4.69, 9.17) is 4.74 Å². The molecule has 0 aliphatic rings. The maximum atomic E-state index is 12.0. The Kier molecular flexibility index (Phi) is 8.96. The van der Waals surface area contributed by atoms with Crippen LogP contribution in [0.25, 0.3) is 0 Å². The molecule has 8 nitrogen and oxygen atoms in total. The number of carbonyl (C=O) groups excluding carboxylic acids is 2. The highest BCUT2D eigenvalue weighted by molar-refractivity contribution is 7.99. The van der Waals surface area contributed by atoms with Crippen molar-refractivity contribution in [3.8, 4) is 5.75 Å². The number of aryl methyl sites for hydroxylation is 2. The van der Waals surface area contributed by atoms with Crippen LogP contribution < -0.4 is 15.5 Å². The van der Waals surface area contributed by atoms with Gasteiger partial charge in [0.05, 0.1) is 12.0 Å². The SMILES string of the molecule is Cc1cc(C)nc(SCC(=O)N/N=C\c2ccc(OCC(=O)NCc3ccccc3)cc2)n1. The van der Waals surface area contributed by atoms with E-state index in [2.05, 4.69) is 25.8 Å². The van der Waals surface area contributed by atoms with E-state index in [1.165, 1.54) is 18.0 Å². The number of rotatable bonds is 10. The molecule has 0 saturated carbocycles. The van der Waals surface area contributed by atoms with Crippen LogP contribution >= 0.6 is 11.8 Å². The van der Waals surface area contributed by atoms with Crippen molar-refractivity contribution in [1.29, 1.82) is 0 Å². The maximum absolute atomic E-state index is 12.0. The normalized spacial score (nSPS) is 10.7. The topological polar surface area (TPSA) is 106 Å². The second kappa shape index (κ2) is 12.4. The van der Waals surface area contributed by atoms with Gasteiger partial charge in [-0.3, -0.25) is 9.59 Å². The molecule has 0 spiro atoms. The molecular weight excluding hydrogens is 438 g/mol. The summed E-state index contributed by atoms with van der Waals surface area (Å²) in [5, 5.41) is 7.34. The fraction of sp³-hybridized carbons (Fsp3) is 0.208. The van der Waals surface area contributed by atoms with Crippen molar-refractivity contribution in [3.05, 3.63) is 83.2 Å². The first-order valence-electron chi connectivity index (χ1n) is 10.3. The Balaban J connectivity index is 1.36. The summed E-state index contributed by atoms with van der Waals surface area (Å²) in [5.41, 5.74) is 6.02. The van der Waals surface area contributed by atoms with Crippen LogP contribution in [0.5, 0.6) is 5.75 Å². The van der Waals surface area contributed by atoms with Gasteiger partial charge in [0.25, 0.3) is 11.8 Å². The number of benzene rings is 2. The van der Waals surface area contributed by atoms with Crippen molar-refractivity contribution in [2.24, 2.45) is 5.10 Å². The Morgan fingerprint density at radius 2 is 1.70 bits per heavy atom. The lowest BCUT2D eigenvalue weighted by Crippen LogP contribution is -2.28. The Bertz CT molecular complexity index is 1080. The third-order valence-corrected chi connectivity index (χ3v) is 5.13. The van der Waals surface area contributed by atoms with Gasteiger partial charge in [-0.25, -0.2) is 15.4 Å². The first kappa shape index (κ1) is 23.9. The van der Waals surface area contributed by atoms with Gasteiger partial charge in [0.2, 0.25) is 0 Å². The molecule has 0 unspecified atom stereocenters. The molecule has 2 aromatic carbocycles. The van der Waals surface area contributed by atoms with Crippen LogP contribution in [0.3, 0.4) is 0 Å². The zero-order valence-electron chi connectivity index (χ0n) is 18.4. The van der Waals surface area contributed by atoms with Crippen LogP contribution in [0.15, 0.2) is 70.9 Å². The molecule has 1 aromatic heterocycles. The van der Waals surface area contributed by atoms with Crippen LogP contribution in [-0.4, -0.2) is 40.4 Å². The van der Waals surface area contributed by atoms with E-state index in [9.17, 15) is 9.59 Å². The van der Waals surface area contributed by atoms with E-state index in [0.29, 0.717) is 17.5 Å². The van der Waals surface area contributed by atoms with Gasteiger partial charge in [-0.1, -0.05) is 42.1 Å². The minimum absolute atomic E-state index is 0.0713. The summed E-state index contributed by atoms with van der Waals surface area (Å²) in [5.74, 6) is 0.284. The molecule has 0 aliphatic carbocycles. The van der Waals surface area contributed by atoms with Crippen molar-refractivity contribution in [3.63, 3.8) is 0 Å². The number of amides is 2. The number of hydrogen-bond donors (Lipinski definition) is 2. The average molecular weight is 464 g/mol. The number of hydrogen-bond acceptors (Lipinski definition) is 7. The Hall–Kier alpha value is -3.72. The fourth-order valence-electron chi connectivity index (χ4n) is 2.75. The van der Waals surface area contributed by atoms with E-state index >= 15 is 0 Å². The smallest absolute Gasteiger partial charge is 0.258 e. The zero-order valence-corrected chi connectivity index (χ0v) is 19.3. The molecule has 0 aliphatic heterocycles. The van der Waals surface area contributed by atoms with Gasteiger partial charge in [0.15, 0.2) is 11.8 Å². The summed E-state index contributed by atoms with van der Waals surface area (Å²) in [6.07, 6.45) is 1.53. The third kappa shape index (κ3) is 8.74. The summed E-state index contributed by atoms with van der Waals surface area (Å²) >= 11 is 1.26. The molecular formula is C24H25N5O3S. The maximum Gasteiger partial charge on any atom is 0.258 e. The minimum atomic E-state index is -0.250. The van der Waals surface area contributed by atoms with Crippen LogP contribution in [-0.2, 0) is 16.1 Å². The van der Waals surface area contributed by atoms with Gasteiger partial charge in [-0.05, 0) is 55.3 Å². The monoisotopic (exact) mass is 463 g/mol. The lowest BCUT2D eigenvalue weighted by molar-refractivity contribution is -0.123. The van der Waals surface area contributed by atoms with Crippen molar-refractivity contribution in [2.75, 3.05) is 12.4 Å². The Morgan fingerprint density at radius 3 is 2.39 bits per heavy atom. The highest BCUT2D eigenvalue weighted by atomic mass is 32.2. The number of aromatic nitrogens is 2. The van der Waals surface area contributed by atoms with Gasteiger partial charge in [-0.2, -0.15) is 5.10 Å².